The van der Waals surface area contributed by atoms with Crippen molar-refractivity contribution >= 4 is 15.9 Å². The van der Waals surface area contributed by atoms with Crippen LogP contribution in [0.4, 0.5) is 0 Å². The molecule has 1 aromatic carbocycles. The third-order valence-corrected chi connectivity index (χ3v) is 3.41. The molecule has 1 fully saturated rings. The van der Waals surface area contributed by atoms with E-state index in [1.807, 2.05) is 19.1 Å². The molecule has 0 amide bonds. The van der Waals surface area contributed by atoms with E-state index in [4.69, 9.17) is 10.5 Å². The summed E-state index contributed by atoms with van der Waals surface area (Å²) in [5, 5.41) is 0. The molecule has 2 rings (SSSR count). The van der Waals surface area contributed by atoms with Crippen molar-refractivity contribution < 1.29 is 4.74 Å². The Hall–Kier alpha value is -0.380. The Bertz CT molecular complexity index is 332. The SMILES string of the molecule is CC(N)C(OCC1CC1)c1ccc(Br)cc1. The molecule has 1 aliphatic carbocycles. The van der Waals surface area contributed by atoms with Gasteiger partial charge in [0.2, 0.25) is 0 Å². The number of ether oxygens (including phenoxy) is 1. The molecule has 16 heavy (non-hydrogen) atoms. The standard InChI is InChI=1S/C13H18BrNO/c1-9(15)13(16-8-10-2-3-10)11-4-6-12(14)7-5-11/h4-7,9-10,13H,2-3,8,15H2,1H3. The van der Waals surface area contributed by atoms with Crippen LogP contribution in [-0.2, 0) is 4.74 Å². The van der Waals surface area contributed by atoms with Crippen molar-refractivity contribution in [1.29, 1.82) is 0 Å². The average Bonchev–Trinajstić information content (AvgIpc) is 3.04. The maximum Gasteiger partial charge on any atom is 0.0973 e. The van der Waals surface area contributed by atoms with Gasteiger partial charge in [-0.1, -0.05) is 28.1 Å². The summed E-state index contributed by atoms with van der Waals surface area (Å²) in [4.78, 5) is 0. The van der Waals surface area contributed by atoms with Crippen LogP contribution >= 0.6 is 15.9 Å². The van der Waals surface area contributed by atoms with Crippen molar-refractivity contribution in [3.8, 4) is 0 Å². The Kier molecular flexibility index (Phi) is 4.00. The fraction of sp³-hybridized carbons (Fsp3) is 0.538. The molecule has 0 spiro atoms. The second kappa shape index (κ2) is 5.30. The fourth-order valence-corrected chi connectivity index (χ4v) is 1.99. The van der Waals surface area contributed by atoms with E-state index >= 15 is 0 Å². The predicted octanol–water partition coefficient (Wildman–Crippen LogP) is 3.26. The molecule has 0 aliphatic heterocycles. The van der Waals surface area contributed by atoms with E-state index < -0.39 is 0 Å². The van der Waals surface area contributed by atoms with Gasteiger partial charge in [0.25, 0.3) is 0 Å². The van der Waals surface area contributed by atoms with E-state index in [1.54, 1.807) is 0 Å². The Morgan fingerprint density at radius 2 is 2.00 bits per heavy atom. The van der Waals surface area contributed by atoms with Crippen LogP contribution in [0, 0.1) is 5.92 Å². The van der Waals surface area contributed by atoms with E-state index in [0.717, 1.165) is 17.0 Å². The monoisotopic (exact) mass is 283 g/mol. The molecule has 2 nitrogen and oxygen atoms in total. The van der Waals surface area contributed by atoms with Gasteiger partial charge in [-0.3, -0.25) is 0 Å². The number of nitrogens with two attached hydrogens (primary N) is 1. The van der Waals surface area contributed by atoms with Gasteiger partial charge in [-0.05, 0) is 43.4 Å². The highest BCUT2D eigenvalue weighted by Crippen LogP contribution is 2.32. The molecule has 0 heterocycles. The summed E-state index contributed by atoms with van der Waals surface area (Å²) in [5.74, 6) is 0.775. The highest BCUT2D eigenvalue weighted by atomic mass is 79.9. The van der Waals surface area contributed by atoms with Crippen LogP contribution in [0.15, 0.2) is 28.7 Å². The maximum atomic E-state index is 5.98. The molecule has 1 aromatic rings. The lowest BCUT2D eigenvalue weighted by atomic mass is 10.0. The Morgan fingerprint density at radius 3 is 2.50 bits per heavy atom. The molecule has 0 saturated heterocycles. The number of hydrogen-bond donors (Lipinski definition) is 1. The van der Waals surface area contributed by atoms with Crippen LogP contribution in [0.1, 0.15) is 31.4 Å². The lowest BCUT2D eigenvalue weighted by Crippen LogP contribution is -2.27. The van der Waals surface area contributed by atoms with Gasteiger partial charge in [0.05, 0.1) is 12.7 Å². The summed E-state index contributed by atoms with van der Waals surface area (Å²) >= 11 is 3.43. The number of rotatable bonds is 5. The normalized spacial score (nSPS) is 19.4. The molecule has 0 bridgehead atoms. The zero-order valence-corrected chi connectivity index (χ0v) is 11.1. The smallest absolute Gasteiger partial charge is 0.0973 e. The molecular formula is C13H18BrNO. The Labute approximate surface area is 105 Å². The summed E-state index contributed by atoms with van der Waals surface area (Å²) in [6.07, 6.45) is 2.64. The van der Waals surface area contributed by atoms with Gasteiger partial charge >= 0.3 is 0 Å². The molecule has 2 N–H and O–H groups in total. The molecule has 2 atom stereocenters. The van der Waals surface area contributed by atoms with Crippen molar-refractivity contribution in [3.63, 3.8) is 0 Å². The van der Waals surface area contributed by atoms with Gasteiger partial charge in [0.1, 0.15) is 0 Å². The van der Waals surface area contributed by atoms with Gasteiger partial charge in [-0.15, -0.1) is 0 Å². The van der Waals surface area contributed by atoms with Gasteiger partial charge in [-0.25, -0.2) is 0 Å². The Morgan fingerprint density at radius 1 is 1.38 bits per heavy atom. The molecule has 2 unspecified atom stereocenters. The number of benzene rings is 1. The largest absolute Gasteiger partial charge is 0.372 e. The minimum absolute atomic E-state index is 0.0219. The molecule has 1 aliphatic rings. The minimum atomic E-state index is 0.0219. The number of hydrogen-bond acceptors (Lipinski definition) is 2. The maximum absolute atomic E-state index is 5.98. The van der Waals surface area contributed by atoms with Gasteiger partial charge in [0.15, 0.2) is 0 Å². The van der Waals surface area contributed by atoms with Crippen molar-refractivity contribution in [2.75, 3.05) is 6.61 Å². The van der Waals surface area contributed by atoms with E-state index in [-0.39, 0.29) is 12.1 Å². The van der Waals surface area contributed by atoms with Crippen molar-refractivity contribution in [2.24, 2.45) is 11.7 Å². The van der Waals surface area contributed by atoms with Crippen LogP contribution in [0.25, 0.3) is 0 Å². The quantitative estimate of drug-likeness (QED) is 0.900. The fourth-order valence-electron chi connectivity index (χ4n) is 1.73. The van der Waals surface area contributed by atoms with Crippen LogP contribution in [0.5, 0.6) is 0 Å². The van der Waals surface area contributed by atoms with E-state index in [1.165, 1.54) is 18.4 Å². The summed E-state index contributed by atoms with van der Waals surface area (Å²) < 4.78 is 7.00. The zero-order chi connectivity index (χ0) is 11.5. The summed E-state index contributed by atoms with van der Waals surface area (Å²) in [6.45, 7) is 2.85. The summed E-state index contributed by atoms with van der Waals surface area (Å²) in [7, 11) is 0. The molecule has 3 heteroatoms. The second-order valence-corrected chi connectivity index (χ2v) is 5.52. The topological polar surface area (TPSA) is 35.2 Å². The summed E-state index contributed by atoms with van der Waals surface area (Å²) in [6, 6.07) is 8.24. The van der Waals surface area contributed by atoms with Crippen molar-refractivity contribution in [1.82, 2.24) is 0 Å². The third kappa shape index (κ3) is 3.30. The average molecular weight is 284 g/mol. The molecule has 0 aromatic heterocycles. The number of halogens is 1. The van der Waals surface area contributed by atoms with Gasteiger partial charge in [0, 0.05) is 10.5 Å². The second-order valence-electron chi connectivity index (χ2n) is 4.61. The van der Waals surface area contributed by atoms with Crippen LogP contribution in [0.3, 0.4) is 0 Å². The van der Waals surface area contributed by atoms with E-state index in [2.05, 4.69) is 28.1 Å². The molecule has 0 radical (unpaired) electrons. The Balaban J connectivity index is 2.01. The first-order valence-corrected chi connectivity index (χ1v) is 6.59. The first-order chi connectivity index (χ1) is 7.66. The molecule has 1 saturated carbocycles. The highest BCUT2D eigenvalue weighted by molar-refractivity contribution is 9.10. The van der Waals surface area contributed by atoms with Crippen molar-refractivity contribution in [2.45, 2.75) is 31.9 Å². The van der Waals surface area contributed by atoms with Crippen LogP contribution in [-0.4, -0.2) is 12.6 Å². The third-order valence-electron chi connectivity index (χ3n) is 2.88. The lowest BCUT2D eigenvalue weighted by Gasteiger charge is -2.22. The van der Waals surface area contributed by atoms with Gasteiger partial charge < -0.3 is 10.5 Å². The van der Waals surface area contributed by atoms with Crippen molar-refractivity contribution in [3.05, 3.63) is 34.3 Å². The summed E-state index contributed by atoms with van der Waals surface area (Å²) in [5.41, 5.74) is 7.14. The first kappa shape index (κ1) is 12.1. The lowest BCUT2D eigenvalue weighted by molar-refractivity contribution is 0.0314. The minimum Gasteiger partial charge on any atom is -0.372 e. The van der Waals surface area contributed by atoms with Gasteiger partial charge in [-0.2, -0.15) is 0 Å². The van der Waals surface area contributed by atoms with Crippen LogP contribution < -0.4 is 5.73 Å². The highest BCUT2D eigenvalue weighted by Gasteiger charge is 2.25. The van der Waals surface area contributed by atoms with E-state index in [0.29, 0.717) is 0 Å². The predicted molar refractivity (Wildman–Crippen MR) is 69.2 cm³/mol. The molecule has 88 valence electrons. The molecular weight excluding hydrogens is 266 g/mol. The first-order valence-electron chi connectivity index (χ1n) is 5.79. The van der Waals surface area contributed by atoms with Crippen LogP contribution in [0.2, 0.25) is 0 Å². The van der Waals surface area contributed by atoms with E-state index in [9.17, 15) is 0 Å². The zero-order valence-electron chi connectivity index (χ0n) is 9.53.